The predicted octanol–water partition coefficient (Wildman–Crippen LogP) is 3.48. The Balaban J connectivity index is 2.18. The number of methoxy groups -OCH3 is 1. The standard InChI is InChI=1S/C19H17F3N2O4/c1-12(25)24(14-9-7-13(8-10-14)18(27)28-2)11-17(26)23-16-6-4-3-5-15(16)19(20,21)22/h3-10H,11H2,1-2H3,(H,23,26). The highest BCUT2D eigenvalue weighted by Crippen LogP contribution is 2.34. The van der Waals surface area contributed by atoms with Crippen molar-refractivity contribution in [3.63, 3.8) is 0 Å². The van der Waals surface area contributed by atoms with Crippen LogP contribution in [0.3, 0.4) is 0 Å². The number of nitrogens with one attached hydrogen (secondary N) is 1. The first-order valence-electron chi connectivity index (χ1n) is 8.06. The number of carbonyl (C=O) groups excluding carboxylic acids is 3. The van der Waals surface area contributed by atoms with Crippen molar-refractivity contribution in [2.45, 2.75) is 13.1 Å². The fourth-order valence-corrected chi connectivity index (χ4v) is 2.45. The van der Waals surface area contributed by atoms with Crippen LogP contribution < -0.4 is 10.2 Å². The van der Waals surface area contributed by atoms with E-state index in [1.807, 2.05) is 0 Å². The number of halogens is 3. The predicted molar refractivity (Wildman–Crippen MR) is 95.9 cm³/mol. The van der Waals surface area contributed by atoms with E-state index < -0.39 is 41.8 Å². The Kier molecular flexibility index (Phi) is 6.40. The summed E-state index contributed by atoms with van der Waals surface area (Å²) in [7, 11) is 1.22. The number of ether oxygens (including phenoxy) is 1. The van der Waals surface area contributed by atoms with Gasteiger partial charge in [-0.2, -0.15) is 13.2 Å². The molecule has 0 aliphatic rings. The van der Waals surface area contributed by atoms with Gasteiger partial charge < -0.3 is 15.0 Å². The van der Waals surface area contributed by atoms with Crippen molar-refractivity contribution in [2.24, 2.45) is 0 Å². The van der Waals surface area contributed by atoms with Gasteiger partial charge in [0, 0.05) is 12.6 Å². The molecular formula is C19H17F3N2O4. The normalized spacial score (nSPS) is 10.9. The van der Waals surface area contributed by atoms with Crippen molar-refractivity contribution in [1.29, 1.82) is 0 Å². The lowest BCUT2D eigenvalue weighted by atomic mass is 10.1. The number of esters is 1. The molecule has 0 spiro atoms. The van der Waals surface area contributed by atoms with Crippen LogP contribution in [0.25, 0.3) is 0 Å². The quantitative estimate of drug-likeness (QED) is 0.788. The molecule has 0 bridgehead atoms. The summed E-state index contributed by atoms with van der Waals surface area (Å²) in [6, 6.07) is 10.2. The first-order valence-corrected chi connectivity index (χ1v) is 8.06. The van der Waals surface area contributed by atoms with E-state index in [0.29, 0.717) is 5.69 Å². The molecule has 148 valence electrons. The van der Waals surface area contributed by atoms with Crippen LogP contribution in [0.4, 0.5) is 24.5 Å². The van der Waals surface area contributed by atoms with Gasteiger partial charge in [-0.25, -0.2) is 4.79 Å². The molecule has 6 nitrogen and oxygen atoms in total. The van der Waals surface area contributed by atoms with Crippen LogP contribution in [0.1, 0.15) is 22.8 Å². The summed E-state index contributed by atoms with van der Waals surface area (Å²) in [5, 5.41) is 2.18. The lowest BCUT2D eigenvalue weighted by Gasteiger charge is -2.21. The van der Waals surface area contributed by atoms with Crippen LogP contribution in [0.15, 0.2) is 48.5 Å². The Morgan fingerprint density at radius 1 is 1.04 bits per heavy atom. The zero-order valence-electron chi connectivity index (χ0n) is 15.0. The SMILES string of the molecule is COC(=O)c1ccc(N(CC(=O)Nc2ccccc2C(F)(F)F)C(C)=O)cc1. The first-order chi connectivity index (χ1) is 13.1. The van der Waals surface area contributed by atoms with Crippen molar-refractivity contribution in [3.8, 4) is 0 Å². The largest absolute Gasteiger partial charge is 0.465 e. The van der Waals surface area contributed by atoms with Crippen molar-refractivity contribution >= 4 is 29.2 Å². The molecule has 1 N–H and O–H groups in total. The van der Waals surface area contributed by atoms with Crippen LogP contribution >= 0.6 is 0 Å². The summed E-state index contributed by atoms with van der Waals surface area (Å²) in [5.74, 6) is -1.86. The average molecular weight is 394 g/mol. The number of amides is 2. The van der Waals surface area contributed by atoms with E-state index in [-0.39, 0.29) is 5.56 Å². The van der Waals surface area contributed by atoms with E-state index in [4.69, 9.17) is 0 Å². The molecule has 28 heavy (non-hydrogen) atoms. The summed E-state index contributed by atoms with van der Waals surface area (Å²) in [5.41, 5.74) is -0.831. The van der Waals surface area contributed by atoms with E-state index in [0.717, 1.165) is 17.0 Å². The highest BCUT2D eigenvalue weighted by molar-refractivity contribution is 6.02. The van der Waals surface area contributed by atoms with Gasteiger partial charge in [-0.3, -0.25) is 9.59 Å². The molecule has 0 saturated heterocycles. The Bertz CT molecular complexity index is 879. The number of rotatable bonds is 5. The van der Waals surface area contributed by atoms with E-state index in [1.165, 1.54) is 50.4 Å². The fraction of sp³-hybridized carbons (Fsp3) is 0.211. The van der Waals surface area contributed by atoms with Crippen LogP contribution in [-0.4, -0.2) is 31.4 Å². The molecule has 0 heterocycles. The maximum Gasteiger partial charge on any atom is 0.418 e. The summed E-state index contributed by atoms with van der Waals surface area (Å²) in [4.78, 5) is 36.7. The molecule has 0 aromatic heterocycles. The van der Waals surface area contributed by atoms with Gasteiger partial charge in [0.2, 0.25) is 11.8 Å². The summed E-state index contributed by atoms with van der Waals surface area (Å²) < 4.78 is 43.7. The highest BCUT2D eigenvalue weighted by Gasteiger charge is 2.33. The fourth-order valence-electron chi connectivity index (χ4n) is 2.45. The van der Waals surface area contributed by atoms with E-state index in [2.05, 4.69) is 10.1 Å². The number of hydrogen-bond donors (Lipinski definition) is 1. The molecule has 2 aromatic carbocycles. The van der Waals surface area contributed by atoms with Crippen molar-refractivity contribution in [2.75, 3.05) is 23.9 Å². The van der Waals surface area contributed by atoms with E-state index >= 15 is 0 Å². The zero-order chi connectivity index (χ0) is 20.9. The highest BCUT2D eigenvalue weighted by atomic mass is 19.4. The molecule has 0 aliphatic heterocycles. The molecule has 0 aliphatic carbocycles. The summed E-state index contributed by atoms with van der Waals surface area (Å²) in [6.45, 7) is 0.713. The average Bonchev–Trinajstić information content (AvgIpc) is 2.65. The minimum absolute atomic E-state index is 0.248. The summed E-state index contributed by atoms with van der Waals surface area (Å²) >= 11 is 0. The molecule has 9 heteroatoms. The lowest BCUT2D eigenvalue weighted by molar-refractivity contribution is -0.137. The van der Waals surface area contributed by atoms with Crippen LogP contribution in [0.2, 0.25) is 0 Å². The van der Waals surface area contributed by atoms with Crippen LogP contribution in [0.5, 0.6) is 0 Å². The van der Waals surface area contributed by atoms with Crippen molar-refractivity contribution in [1.82, 2.24) is 0 Å². The van der Waals surface area contributed by atoms with Crippen LogP contribution in [0, 0.1) is 0 Å². The second-order valence-electron chi connectivity index (χ2n) is 5.74. The Morgan fingerprint density at radius 2 is 1.64 bits per heavy atom. The molecule has 0 saturated carbocycles. The number of benzene rings is 2. The smallest absolute Gasteiger partial charge is 0.418 e. The van der Waals surface area contributed by atoms with Crippen molar-refractivity contribution < 1.29 is 32.3 Å². The number of nitrogens with zero attached hydrogens (tertiary/aromatic N) is 1. The molecular weight excluding hydrogens is 377 g/mol. The minimum Gasteiger partial charge on any atom is -0.465 e. The Morgan fingerprint density at radius 3 is 2.18 bits per heavy atom. The van der Waals surface area contributed by atoms with Gasteiger partial charge in [0.1, 0.15) is 6.54 Å². The maximum absolute atomic E-state index is 13.0. The van der Waals surface area contributed by atoms with Gasteiger partial charge in [-0.15, -0.1) is 0 Å². The second kappa shape index (κ2) is 8.55. The molecule has 0 radical (unpaired) electrons. The number of alkyl halides is 3. The second-order valence-corrected chi connectivity index (χ2v) is 5.74. The number of carbonyl (C=O) groups is 3. The van der Waals surface area contributed by atoms with Gasteiger partial charge in [-0.1, -0.05) is 12.1 Å². The first kappa shape index (κ1) is 20.9. The van der Waals surface area contributed by atoms with Gasteiger partial charge in [-0.05, 0) is 36.4 Å². The Labute approximate surface area is 158 Å². The van der Waals surface area contributed by atoms with Gasteiger partial charge in [0.25, 0.3) is 0 Å². The topological polar surface area (TPSA) is 75.7 Å². The van der Waals surface area contributed by atoms with Gasteiger partial charge >= 0.3 is 12.1 Å². The van der Waals surface area contributed by atoms with Gasteiger partial charge in [0.15, 0.2) is 0 Å². The molecule has 0 atom stereocenters. The maximum atomic E-state index is 13.0. The van der Waals surface area contributed by atoms with Crippen molar-refractivity contribution in [3.05, 3.63) is 59.7 Å². The number of anilines is 2. The Hall–Kier alpha value is -3.36. The minimum atomic E-state index is -4.63. The zero-order valence-corrected chi connectivity index (χ0v) is 15.0. The number of hydrogen-bond acceptors (Lipinski definition) is 4. The van der Waals surface area contributed by atoms with E-state index in [1.54, 1.807) is 0 Å². The van der Waals surface area contributed by atoms with Gasteiger partial charge in [0.05, 0.1) is 23.9 Å². The molecule has 2 aromatic rings. The van der Waals surface area contributed by atoms with Crippen LogP contribution in [-0.2, 0) is 20.5 Å². The lowest BCUT2D eigenvalue weighted by Crippen LogP contribution is -2.37. The molecule has 2 amide bonds. The molecule has 0 fully saturated rings. The third-order valence-corrected chi connectivity index (χ3v) is 3.79. The summed E-state index contributed by atoms with van der Waals surface area (Å²) in [6.07, 6.45) is -4.63. The number of para-hydroxylation sites is 1. The monoisotopic (exact) mass is 394 g/mol. The molecule has 2 rings (SSSR count). The molecule has 0 unspecified atom stereocenters. The third-order valence-electron chi connectivity index (χ3n) is 3.79. The third kappa shape index (κ3) is 5.09. The van der Waals surface area contributed by atoms with E-state index in [9.17, 15) is 27.6 Å².